The van der Waals surface area contributed by atoms with Gasteiger partial charge in [-0.3, -0.25) is 14.4 Å². The number of anilines is 1. The maximum atomic E-state index is 14.2. The van der Waals surface area contributed by atoms with Gasteiger partial charge >= 0.3 is 0 Å². The van der Waals surface area contributed by atoms with Gasteiger partial charge < -0.3 is 24.5 Å². The van der Waals surface area contributed by atoms with Crippen molar-refractivity contribution in [3.63, 3.8) is 0 Å². The highest BCUT2D eigenvalue weighted by molar-refractivity contribution is 6.03. The van der Waals surface area contributed by atoms with Gasteiger partial charge in [0.2, 0.25) is 17.7 Å². The molecule has 3 aliphatic heterocycles. The number of hydrogen-bond donors (Lipinski definition) is 1. The van der Waals surface area contributed by atoms with Gasteiger partial charge in [-0.1, -0.05) is 43.2 Å². The average Bonchev–Trinajstić information content (AvgIpc) is 3.57. The molecular formula is C31H43N3O5. The highest BCUT2D eigenvalue weighted by Crippen LogP contribution is 2.59. The lowest BCUT2D eigenvalue weighted by Gasteiger charge is -2.38. The van der Waals surface area contributed by atoms with Crippen molar-refractivity contribution in [2.45, 2.75) is 76.2 Å². The molecule has 212 valence electrons. The second-order valence-electron chi connectivity index (χ2n) is 11.2. The lowest BCUT2D eigenvalue weighted by atomic mass is 9.70. The van der Waals surface area contributed by atoms with Crippen LogP contribution in [0.1, 0.15) is 52.4 Å². The summed E-state index contributed by atoms with van der Waals surface area (Å²) in [6, 6.07) is 8.56. The number of para-hydroxylation sites is 1. The number of hydrogen-bond acceptors (Lipinski definition) is 5. The molecule has 1 aromatic rings. The Bertz CT molecular complexity index is 1060. The van der Waals surface area contributed by atoms with Gasteiger partial charge in [0.05, 0.1) is 17.9 Å². The van der Waals surface area contributed by atoms with E-state index in [0.29, 0.717) is 38.9 Å². The number of amides is 3. The molecule has 0 radical (unpaired) electrons. The van der Waals surface area contributed by atoms with E-state index >= 15 is 0 Å². The normalized spacial score (nSPS) is 27.1. The van der Waals surface area contributed by atoms with Crippen LogP contribution in [-0.2, 0) is 19.1 Å². The number of benzene rings is 1. The first kappa shape index (κ1) is 29.0. The molecule has 8 heteroatoms. The molecule has 39 heavy (non-hydrogen) atoms. The molecule has 5 atom stereocenters. The number of fused-ring (bicyclic) bond motifs is 1. The van der Waals surface area contributed by atoms with E-state index in [-0.39, 0.29) is 30.4 Å². The highest BCUT2D eigenvalue weighted by atomic mass is 16.5. The van der Waals surface area contributed by atoms with E-state index in [2.05, 4.69) is 13.2 Å². The van der Waals surface area contributed by atoms with Gasteiger partial charge in [-0.15, -0.1) is 13.2 Å². The minimum absolute atomic E-state index is 0.0790. The zero-order valence-electron chi connectivity index (χ0n) is 23.3. The van der Waals surface area contributed by atoms with Crippen molar-refractivity contribution in [3.05, 3.63) is 55.6 Å². The fourth-order valence-electron chi connectivity index (χ4n) is 6.79. The average molecular weight is 538 g/mol. The summed E-state index contributed by atoms with van der Waals surface area (Å²) < 4.78 is 6.63. The summed E-state index contributed by atoms with van der Waals surface area (Å²) in [6.45, 7) is 12.8. The molecule has 0 saturated carbocycles. The predicted molar refractivity (Wildman–Crippen MR) is 151 cm³/mol. The van der Waals surface area contributed by atoms with Gasteiger partial charge in [0.25, 0.3) is 0 Å². The van der Waals surface area contributed by atoms with E-state index in [1.54, 1.807) is 26.9 Å². The lowest BCUT2D eigenvalue weighted by Crippen LogP contribution is -2.57. The molecule has 1 spiro atoms. The summed E-state index contributed by atoms with van der Waals surface area (Å²) in [5.41, 5.74) is -0.273. The number of unbranched alkanes of at least 4 members (excludes halogenated alkanes) is 3. The summed E-state index contributed by atoms with van der Waals surface area (Å²) in [5.74, 6) is -1.83. The standard InChI is InChI=1S/C31H43N3O5/c1-5-18-32(22(3)4)30(38)27-31-17-16-24(39-31)25(26(31)29(37)34(27)20-12-7-8-13-21-35)28(36)33(19-6-2)23-14-10-9-11-15-23/h5-6,9-11,14-15,22,24-27,35H,1-2,7-8,12-13,16-21H2,3-4H3/t24-,25+,26+,27?,31?/m1/s1. The van der Waals surface area contributed by atoms with Crippen molar-refractivity contribution in [2.24, 2.45) is 11.8 Å². The van der Waals surface area contributed by atoms with Crippen molar-refractivity contribution in [3.8, 4) is 0 Å². The zero-order valence-corrected chi connectivity index (χ0v) is 23.3. The Morgan fingerprint density at radius 3 is 2.44 bits per heavy atom. The SMILES string of the molecule is C=CCN(C(=O)[C@@H]1[C@H]2C(=O)N(CCCCCCO)C(C(=O)N(CC=C)C(C)C)C23CC[C@H]1O3)c1ccccc1. The third-order valence-electron chi connectivity index (χ3n) is 8.50. The minimum Gasteiger partial charge on any atom is -0.396 e. The van der Waals surface area contributed by atoms with Crippen molar-refractivity contribution in [1.82, 2.24) is 9.80 Å². The molecule has 2 unspecified atom stereocenters. The smallest absolute Gasteiger partial charge is 0.248 e. The first-order chi connectivity index (χ1) is 18.8. The van der Waals surface area contributed by atoms with Gasteiger partial charge in [0.15, 0.2) is 0 Å². The molecular weight excluding hydrogens is 494 g/mol. The lowest BCUT2D eigenvalue weighted by molar-refractivity contribution is -0.149. The van der Waals surface area contributed by atoms with Crippen LogP contribution in [0.2, 0.25) is 0 Å². The molecule has 0 aliphatic carbocycles. The van der Waals surface area contributed by atoms with E-state index in [0.717, 1.165) is 24.9 Å². The Labute approximate surface area is 232 Å². The van der Waals surface area contributed by atoms with Gasteiger partial charge in [-0.2, -0.15) is 0 Å². The fourth-order valence-corrected chi connectivity index (χ4v) is 6.79. The Kier molecular flexibility index (Phi) is 9.28. The van der Waals surface area contributed by atoms with E-state index in [1.807, 2.05) is 44.2 Å². The van der Waals surface area contributed by atoms with Crippen molar-refractivity contribution in [2.75, 3.05) is 31.1 Å². The predicted octanol–water partition coefficient (Wildman–Crippen LogP) is 3.56. The Morgan fingerprint density at radius 1 is 1.10 bits per heavy atom. The molecule has 1 N–H and O–H groups in total. The topological polar surface area (TPSA) is 90.4 Å². The summed E-state index contributed by atoms with van der Waals surface area (Å²) >= 11 is 0. The van der Waals surface area contributed by atoms with Crippen LogP contribution < -0.4 is 4.90 Å². The Balaban J connectivity index is 1.69. The maximum Gasteiger partial charge on any atom is 0.248 e. The number of aliphatic hydroxyl groups is 1. The first-order valence-corrected chi connectivity index (χ1v) is 14.3. The highest BCUT2D eigenvalue weighted by Gasteiger charge is 2.74. The van der Waals surface area contributed by atoms with Crippen LogP contribution in [0.15, 0.2) is 55.6 Å². The molecule has 2 bridgehead atoms. The number of carbonyl (C=O) groups excluding carboxylic acids is 3. The number of carbonyl (C=O) groups is 3. The van der Waals surface area contributed by atoms with Crippen LogP contribution in [-0.4, -0.2) is 82.7 Å². The molecule has 3 heterocycles. The van der Waals surface area contributed by atoms with Crippen LogP contribution in [0.5, 0.6) is 0 Å². The summed E-state index contributed by atoms with van der Waals surface area (Å²) in [6.07, 6.45) is 7.32. The van der Waals surface area contributed by atoms with Gasteiger partial charge in [-0.25, -0.2) is 0 Å². The molecule has 1 aromatic carbocycles. The summed E-state index contributed by atoms with van der Waals surface area (Å²) in [7, 11) is 0. The van der Waals surface area contributed by atoms with Crippen LogP contribution >= 0.6 is 0 Å². The van der Waals surface area contributed by atoms with Gasteiger partial charge in [0, 0.05) is 38.0 Å². The van der Waals surface area contributed by atoms with E-state index in [9.17, 15) is 14.4 Å². The second kappa shape index (κ2) is 12.5. The molecule has 4 rings (SSSR count). The number of aliphatic hydroxyl groups excluding tert-OH is 1. The van der Waals surface area contributed by atoms with Crippen molar-refractivity contribution < 1.29 is 24.2 Å². The third kappa shape index (κ3) is 5.29. The second-order valence-corrected chi connectivity index (χ2v) is 11.2. The van der Waals surface area contributed by atoms with Crippen molar-refractivity contribution in [1.29, 1.82) is 0 Å². The summed E-state index contributed by atoms with van der Waals surface area (Å²) in [5, 5.41) is 9.14. The first-order valence-electron chi connectivity index (χ1n) is 14.3. The van der Waals surface area contributed by atoms with Gasteiger partial charge in [0.1, 0.15) is 11.6 Å². The number of nitrogens with zero attached hydrogens (tertiary/aromatic N) is 3. The molecule has 8 nitrogen and oxygen atoms in total. The van der Waals surface area contributed by atoms with E-state index in [4.69, 9.17) is 9.84 Å². The molecule has 3 amide bonds. The van der Waals surface area contributed by atoms with Gasteiger partial charge in [-0.05, 0) is 51.7 Å². The minimum atomic E-state index is -1.02. The number of likely N-dealkylation sites (tertiary alicyclic amines) is 1. The molecule has 3 saturated heterocycles. The summed E-state index contributed by atoms with van der Waals surface area (Å²) in [4.78, 5) is 47.7. The largest absolute Gasteiger partial charge is 0.396 e. The monoisotopic (exact) mass is 537 g/mol. The van der Waals surface area contributed by atoms with Crippen LogP contribution in [0, 0.1) is 11.8 Å². The van der Waals surface area contributed by atoms with Crippen LogP contribution in [0.3, 0.4) is 0 Å². The Hall–Kier alpha value is -2.97. The molecule has 3 aliphatic rings. The van der Waals surface area contributed by atoms with E-state index < -0.39 is 29.6 Å². The van der Waals surface area contributed by atoms with Crippen molar-refractivity contribution >= 4 is 23.4 Å². The van der Waals surface area contributed by atoms with Crippen LogP contribution in [0.25, 0.3) is 0 Å². The quantitative estimate of drug-likeness (QED) is 0.290. The van der Waals surface area contributed by atoms with Crippen LogP contribution in [0.4, 0.5) is 5.69 Å². The molecule has 3 fully saturated rings. The molecule has 0 aromatic heterocycles. The van der Waals surface area contributed by atoms with E-state index in [1.165, 1.54) is 0 Å². The number of rotatable bonds is 14. The third-order valence-corrected chi connectivity index (χ3v) is 8.50. The maximum absolute atomic E-state index is 14.2. The number of ether oxygens (including phenoxy) is 1. The zero-order chi connectivity index (χ0) is 28.2. The Morgan fingerprint density at radius 2 is 1.79 bits per heavy atom. The fraction of sp³-hybridized carbons (Fsp3) is 0.581.